The molecule has 1 N–H and O–H groups in total. The summed E-state index contributed by atoms with van der Waals surface area (Å²) in [5, 5.41) is 2.83. The lowest BCUT2D eigenvalue weighted by atomic mass is 10.1. The average molecular weight is 294 g/mol. The summed E-state index contributed by atoms with van der Waals surface area (Å²) in [5.74, 6) is 0.966. The maximum absolute atomic E-state index is 12.2. The van der Waals surface area contributed by atoms with E-state index >= 15 is 0 Å². The summed E-state index contributed by atoms with van der Waals surface area (Å²) in [5.41, 5.74) is 2.88. The predicted octanol–water partition coefficient (Wildman–Crippen LogP) is 4.57. The number of carbonyl (C=O) groups excluding carboxylic acids is 1. The normalized spacial score (nSPS) is 11.1. The second-order valence-electron chi connectivity index (χ2n) is 5.58. The van der Waals surface area contributed by atoms with Gasteiger partial charge in [0, 0.05) is 11.8 Å². The van der Waals surface area contributed by atoms with Crippen LogP contribution in [0.5, 0.6) is 0 Å². The number of pyridine rings is 1. The fourth-order valence-electron chi connectivity index (χ4n) is 2.00. The summed E-state index contributed by atoms with van der Waals surface area (Å²) in [6.07, 6.45) is 6.84. The number of nitrogens with zero attached hydrogens (tertiary/aromatic N) is 1. The lowest BCUT2D eigenvalue weighted by molar-refractivity contribution is 0.102. The standard InChI is InChI=1S/C19H22N2O/c1-4-15-11-12-20-18(13-15)21-19(22)17-9-7-16(8-10-17)6-5-14(2)3/h5-14H,4H2,1-3H3,(H,20,21,22)/b6-5+. The van der Waals surface area contributed by atoms with Crippen LogP contribution in [0.15, 0.2) is 48.7 Å². The van der Waals surface area contributed by atoms with Gasteiger partial charge in [0.2, 0.25) is 0 Å². The van der Waals surface area contributed by atoms with Crippen molar-refractivity contribution in [3.8, 4) is 0 Å². The molecule has 0 fully saturated rings. The van der Waals surface area contributed by atoms with Crippen molar-refractivity contribution in [1.29, 1.82) is 0 Å². The summed E-state index contributed by atoms with van der Waals surface area (Å²) in [7, 11) is 0. The lowest BCUT2D eigenvalue weighted by Crippen LogP contribution is -2.13. The molecule has 3 nitrogen and oxygen atoms in total. The first kappa shape index (κ1) is 16.0. The number of carbonyl (C=O) groups is 1. The maximum atomic E-state index is 12.2. The van der Waals surface area contributed by atoms with Gasteiger partial charge in [-0.05, 0) is 47.7 Å². The van der Waals surface area contributed by atoms with Crippen molar-refractivity contribution in [3.05, 3.63) is 65.4 Å². The van der Waals surface area contributed by atoms with Crippen LogP contribution < -0.4 is 5.32 Å². The van der Waals surface area contributed by atoms with Crippen molar-refractivity contribution in [1.82, 2.24) is 4.98 Å². The van der Waals surface area contributed by atoms with Crippen molar-refractivity contribution in [2.24, 2.45) is 5.92 Å². The maximum Gasteiger partial charge on any atom is 0.256 e. The number of allylic oxidation sites excluding steroid dienone is 1. The van der Waals surface area contributed by atoms with Crippen molar-refractivity contribution in [2.75, 3.05) is 5.32 Å². The van der Waals surface area contributed by atoms with Crippen LogP contribution >= 0.6 is 0 Å². The molecule has 0 aliphatic rings. The number of rotatable bonds is 5. The third-order valence-electron chi connectivity index (χ3n) is 3.32. The third kappa shape index (κ3) is 4.55. The van der Waals surface area contributed by atoms with Gasteiger partial charge in [-0.2, -0.15) is 0 Å². The molecule has 22 heavy (non-hydrogen) atoms. The van der Waals surface area contributed by atoms with Crippen molar-refractivity contribution in [3.63, 3.8) is 0 Å². The zero-order chi connectivity index (χ0) is 15.9. The summed E-state index contributed by atoms with van der Waals surface area (Å²) in [6.45, 7) is 6.34. The van der Waals surface area contributed by atoms with E-state index in [0.29, 0.717) is 17.3 Å². The largest absolute Gasteiger partial charge is 0.307 e. The zero-order valence-corrected chi connectivity index (χ0v) is 13.3. The summed E-state index contributed by atoms with van der Waals surface area (Å²) >= 11 is 0. The van der Waals surface area contributed by atoms with Crippen LogP contribution in [0.25, 0.3) is 6.08 Å². The Morgan fingerprint density at radius 1 is 1.23 bits per heavy atom. The summed E-state index contributed by atoms with van der Waals surface area (Å²) in [6, 6.07) is 11.4. The molecule has 0 aliphatic heterocycles. The molecule has 1 aromatic carbocycles. The van der Waals surface area contributed by atoms with Gasteiger partial charge in [-0.25, -0.2) is 4.98 Å². The Labute approximate surface area is 132 Å². The summed E-state index contributed by atoms with van der Waals surface area (Å²) < 4.78 is 0. The van der Waals surface area contributed by atoms with Gasteiger partial charge in [0.05, 0.1) is 0 Å². The number of hydrogen-bond acceptors (Lipinski definition) is 2. The Bertz CT molecular complexity index is 657. The van der Waals surface area contributed by atoms with Crippen LogP contribution in [-0.2, 0) is 6.42 Å². The number of amides is 1. The first-order valence-electron chi connectivity index (χ1n) is 7.63. The Morgan fingerprint density at radius 3 is 2.59 bits per heavy atom. The highest BCUT2D eigenvalue weighted by atomic mass is 16.1. The number of aromatic nitrogens is 1. The van der Waals surface area contributed by atoms with Crippen LogP contribution in [0.3, 0.4) is 0 Å². The van der Waals surface area contributed by atoms with E-state index in [-0.39, 0.29) is 5.91 Å². The van der Waals surface area contributed by atoms with Gasteiger partial charge in [-0.3, -0.25) is 4.79 Å². The molecular weight excluding hydrogens is 272 g/mol. The molecule has 3 heteroatoms. The molecule has 114 valence electrons. The molecule has 2 rings (SSSR count). The highest BCUT2D eigenvalue weighted by Crippen LogP contribution is 2.12. The van der Waals surface area contributed by atoms with E-state index in [1.807, 2.05) is 36.4 Å². The van der Waals surface area contributed by atoms with E-state index in [0.717, 1.165) is 17.5 Å². The Balaban J connectivity index is 2.06. The highest BCUT2D eigenvalue weighted by molar-refractivity contribution is 6.03. The molecule has 0 saturated carbocycles. The number of nitrogens with one attached hydrogen (secondary N) is 1. The lowest BCUT2D eigenvalue weighted by Gasteiger charge is -2.06. The number of aryl methyl sites for hydroxylation is 1. The monoisotopic (exact) mass is 294 g/mol. The molecule has 0 unspecified atom stereocenters. The van der Waals surface area contributed by atoms with Crippen LogP contribution in [0, 0.1) is 5.92 Å². The smallest absolute Gasteiger partial charge is 0.256 e. The molecule has 0 atom stereocenters. The van der Waals surface area contributed by atoms with Crippen LogP contribution in [0.4, 0.5) is 5.82 Å². The molecule has 0 bridgehead atoms. The molecule has 0 spiro atoms. The molecule has 2 aromatic rings. The van der Waals surface area contributed by atoms with E-state index in [2.05, 4.69) is 43.2 Å². The van der Waals surface area contributed by atoms with Crippen molar-refractivity contribution in [2.45, 2.75) is 27.2 Å². The van der Waals surface area contributed by atoms with Gasteiger partial charge < -0.3 is 5.32 Å². The van der Waals surface area contributed by atoms with E-state index in [1.54, 1.807) is 6.20 Å². The Hall–Kier alpha value is -2.42. The Morgan fingerprint density at radius 2 is 1.95 bits per heavy atom. The van der Waals surface area contributed by atoms with Gasteiger partial charge in [-0.15, -0.1) is 0 Å². The minimum Gasteiger partial charge on any atom is -0.307 e. The first-order valence-corrected chi connectivity index (χ1v) is 7.63. The molecular formula is C19H22N2O. The minimum absolute atomic E-state index is 0.139. The number of hydrogen-bond donors (Lipinski definition) is 1. The van der Waals surface area contributed by atoms with E-state index in [1.165, 1.54) is 0 Å². The van der Waals surface area contributed by atoms with Crippen LogP contribution in [-0.4, -0.2) is 10.9 Å². The van der Waals surface area contributed by atoms with Crippen LogP contribution in [0.1, 0.15) is 42.3 Å². The molecule has 0 aliphatic carbocycles. The van der Waals surface area contributed by atoms with E-state index in [9.17, 15) is 4.79 Å². The second-order valence-corrected chi connectivity index (χ2v) is 5.58. The van der Waals surface area contributed by atoms with Gasteiger partial charge >= 0.3 is 0 Å². The second kappa shape index (κ2) is 7.55. The summed E-state index contributed by atoms with van der Waals surface area (Å²) in [4.78, 5) is 16.4. The Kier molecular flexibility index (Phi) is 5.48. The van der Waals surface area contributed by atoms with Gasteiger partial charge in [-0.1, -0.05) is 45.1 Å². The fraction of sp³-hybridized carbons (Fsp3) is 0.263. The molecule has 1 amide bonds. The fourth-order valence-corrected chi connectivity index (χ4v) is 2.00. The van der Waals surface area contributed by atoms with E-state index in [4.69, 9.17) is 0 Å². The zero-order valence-electron chi connectivity index (χ0n) is 13.3. The SMILES string of the molecule is CCc1ccnc(NC(=O)c2ccc(/C=C/C(C)C)cc2)c1. The predicted molar refractivity (Wildman–Crippen MR) is 91.9 cm³/mol. The first-order chi connectivity index (χ1) is 10.6. The quantitative estimate of drug-likeness (QED) is 0.878. The minimum atomic E-state index is -0.139. The number of benzene rings is 1. The molecule has 0 radical (unpaired) electrons. The van der Waals surface area contributed by atoms with Crippen molar-refractivity contribution < 1.29 is 4.79 Å². The molecule has 1 heterocycles. The topological polar surface area (TPSA) is 42.0 Å². The molecule has 1 aromatic heterocycles. The van der Waals surface area contributed by atoms with Gasteiger partial charge in [0.1, 0.15) is 5.82 Å². The van der Waals surface area contributed by atoms with E-state index < -0.39 is 0 Å². The third-order valence-corrected chi connectivity index (χ3v) is 3.32. The van der Waals surface area contributed by atoms with Crippen LogP contribution in [0.2, 0.25) is 0 Å². The molecule has 0 saturated heterocycles. The van der Waals surface area contributed by atoms with Gasteiger partial charge in [0.25, 0.3) is 5.91 Å². The highest BCUT2D eigenvalue weighted by Gasteiger charge is 2.06. The van der Waals surface area contributed by atoms with Gasteiger partial charge in [0.15, 0.2) is 0 Å². The van der Waals surface area contributed by atoms with Crippen molar-refractivity contribution >= 4 is 17.8 Å². The average Bonchev–Trinajstić information content (AvgIpc) is 2.53. The number of anilines is 1.